The fraction of sp³-hybridized carbons (Fsp3) is 0.125. The molecule has 4 nitrogen and oxygen atoms in total. The molecule has 0 fully saturated rings. The van der Waals surface area contributed by atoms with E-state index in [1.165, 1.54) is 6.07 Å². The van der Waals surface area contributed by atoms with Crippen molar-refractivity contribution in [1.29, 1.82) is 5.41 Å². The van der Waals surface area contributed by atoms with Gasteiger partial charge >= 0.3 is 12.1 Å². The van der Waals surface area contributed by atoms with Gasteiger partial charge in [-0.1, -0.05) is 29.3 Å². The van der Waals surface area contributed by atoms with E-state index in [-0.39, 0.29) is 17.8 Å². The predicted octanol–water partition coefficient (Wildman–Crippen LogP) is 5.08. The zero-order valence-electron chi connectivity index (χ0n) is 12.4. The zero-order chi connectivity index (χ0) is 18.8. The van der Waals surface area contributed by atoms with Gasteiger partial charge in [-0.05, 0) is 35.9 Å². The van der Waals surface area contributed by atoms with E-state index in [0.29, 0.717) is 21.7 Å². The largest absolute Gasteiger partial charge is 0.477 e. The lowest BCUT2D eigenvalue weighted by atomic mass is 10.0. The molecule has 9 heteroatoms. The number of carboxylic acids is 1. The highest BCUT2D eigenvalue weighted by molar-refractivity contribution is 6.42. The number of halogens is 5. The molecular formula is C16H11Cl2F3N2O2. The van der Waals surface area contributed by atoms with Crippen LogP contribution in [-0.4, -0.2) is 16.8 Å². The lowest BCUT2D eigenvalue weighted by molar-refractivity contribution is -0.137. The summed E-state index contributed by atoms with van der Waals surface area (Å²) in [6.45, 7) is 0.112. The molecule has 2 aromatic rings. The van der Waals surface area contributed by atoms with Crippen molar-refractivity contribution < 1.29 is 23.1 Å². The molecule has 0 radical (unpaired) electrons. The van der Waals surface area contributed by atoms with Crippen LogP contribution in [0.5, 0.6) is 0 Å². The number of nitrogens with one attached hydrogen (secondary N) is 2. The summed E-state index contributed by atoms with van der Waals surface area (Å²) in [5.74, 6) is -1.63. The molecule has 0 unspecified atom stereocenters. The molecule has 0 spiro atoms. The Labute approximate surface area is 150 Å². The standard InChI is InChI=1S/C16H11Cl2F3N2O2/c17-10-3-1-8(12(18)6-10)7-23-13-4-2-9(16(19,20)21)5-11(13)14(22)15(24)25/h1-6,22-23H,7H2,(H,24,25). The molecule has 0 aliphatic heterocycles. The number of hydrogen-bond donors (Lipinski definition) is 3. The second-order valence-electron chi connectivity index (χ2n) is 5.03. The molecule has 0 aromatic heterocycles. The van der Waals surface area contributed by atoms with Crippen LogP contribution in [0, 0.1) is 5.41 Å². The highest BCUT2D eigenvalue weighted by Gasteiger charge is 2.32. The molecule has 132 valence electrons. The number of anilines is 1. The maximum absolute atomic E-state index is 12.8. The third kappa shape index (κ3) is 4.64. The molecule has 0 aliphatic rings. The van der Waals surface area contributed by atoms with E-state index in [0.717, 1.165) is 12.1 Å². The van der Waals surface area contributed by atoms with Crippen molar-refractivity contribution in [2.24, 2.45) is 0 Å². The SMILES string of the molecule is N=C(C(=O)O)c1cc(C(F)(F)F)ccc1NCc1ccc(Cl)cc1Cl. The molecule has 0 atom stereocenters. The molecule has 0 saturated carbocycles. The molecule has 0 heterocycles. The molecule has 25 heavy (non-hydrogen) atoms. The Hall–Kier alpha value is -2.25. The van der Waals surface area contributed by atoms with Gasteiger partial charge in [0.2, 0.25) is 0 Å². The summed E-state index contributed by atoms with van der Waals surface area (Å²) in [4.78, 5) is 11.0. The van der Waals surface area contributed by atoms with E-state index < -0.39 is 23.4 Å². The molecule has 0 saturated heterocycles. The molecule has 0 amide bonds. The van der Waals surface area contributed by atoms with Gasteiger partial charge in [0, 0.05) is 27.8 Å². The van der Waals surface area contributed by atoms with E-state index in [1.807, 2.05) is 0 Å². The van der Waals surface area contributed by atoms with Crippen LogP contribution in [0.4, 0.5) is 18.9 Å². The van der Waals surface area contributed by atoms with Crippen molar-refractivity contribution in [2.75, 3.05) is 5.32 Å². The smallest absolute Gasteiger partial charge is 0.416 e. The fourth-order valence-electron chi connectivity index (χ4n) is 2.05. The Kier molecular flexibility index (Phi) is 5.59. The summed E-state index contributed by atoms with van der Waals surface area (Å²) in [5, 5.41) is 20.1. The molecule has 2 rings (SSSR count). The average molecular weight is 391 g/mol. The minimum absolute atomic E-state index is 0.0754. The van der Waals surface area contributed by atoms with Crippen molar-refractivity contribution in [3.8, 4) is 0 Å². The minimum Gasteiger partial charge on any atom is -0.477 e. The maximum Gasteiger partial charge on any atom is 0.416 e. The monoisotopic (exact) mass is 390 g/mol. The van der Waals surface area contributed by atoms with Crippen molar-refractivity contribution in [2.45, 2.75) is 12.7 Å². The van der Waals surface area contributed by atoms with Gasteiger partial charge in [0.1, 0.15) is 5.71 Å². The van der Waals surface area contributed by atoms with Crippen molar-refractivity contribution in [3.63, 3.8) is 0 Å². The van der Waals surface area contributed by atoms with Crippen LogP contribution in [0.25, 0.3) is 0 Å². The first kappa shape index (κ1) is 19.1. The molecule has 0 bridgehead atoms. The third-order valence-corrected chi connectivity index (χ3v) is 3.90. The lowest BCUT2D eigenvalue weighted by Crippen LogP contribution is -2.17. The summed E-state index contributed by atoms with van der Waals surface area (Å²) in [6, 6.07) is 7.25. The van der Waals surface area contributed by atoms with Crippen LogP contribution >= 0.6 is 23.2 Å². The first-order chi connectivity index (χ1) is 11.6. The van der Waals surface area contributed by atoms with Crippen molar-refractivity contribution in [1.82, 2.24) is 0 Å². The van der Waals surface area contributed by atoms with E-state index in [9.17, 15) is 18.0 Å². The van der Waals surface area contributed by atoms with Crippen LogP contribution in [-0.2, 0) is 17.5 Å². The van der Waals surface area contributed by atoms with E-state index >= 15 is 0 Å². The Morgan fingerprint density at radius 3 is 2.40 bits per heavy atom. The van der Waals surface area contributed by atoms with Gasteiger partial charge < -0.3 is 10.4 Å². The predicted molar refractivity (Wildman–Crippen MR) is 89.7 cm³/mol. The van der Waals surface area contributed by atoms with Crippen LogP contribution < -0.4 is 5.32 Å². The Bertz CT molecular complexity index is 839. The first-order valence-electron chi connectivity index (χ1n) is 6.81. The Morgan fingerprint density at radius 1 is 1.16 bits per heavy atom. The summed E-state index contributed by atoms with van der Waals surface area (Å²) < 4.78 is 38.5. The Morgan fingerprint density at radius 2 is 1.84 bits per heavy atom. The number of alkyl halides is 3. The number of rotatable bonds is 5. The van der Waals surface area contributed by atoms with E-state index in [2.05, 4.69) is 5.32 Å². The van der Waals surface area contributed by atoms with E-state index in [1.54, 1.807) is 12.1 Å². The van der Waals surface area contributed by atoms with E-state index in [4.69, 9.17) is 33.7 Å². The molecule has 0 aliphatic carbocycles. The fourth-order valence-corrected chi connectivity index (χ4v) is 2.53. The highest BCUT2D eigenvalue weighted by atomic mass is 35.5. The van der Waals surface area contributed by atoms with Gasteiger partial charge in [-0.25, -0.2) is 4.79 Å². The normalized spacial score (nSPS) is 11.2. The molecule has 3 N–H and O–H groups in total. The average Bonchev–Trinajstić information content (AvgIpc) is 2.52. The number of aliphatic carboxylic acids is 1. The van der Waals surface area contributed by atoms with Gasteiger partial charge in [-0.3, -0.25) is 5.41 Å². The number of hydrogen-bond acceptors (Lipinski definition) is 3. The minimum atomic E-state index is -4.65. The summed E-state index contributed by atoms with van der Waals surface area (Å²) in [7, 11) is 0. The highest BCUT2D eigenvalue weighted by Crippen LogP contribution is 2.32. The number of carbonyl (C=O) groups is 1. The second-order valence-corrected chi connectivity index (χ2v) is 5.87. The van der Waals surface area contributed by atoms with Gasteiger partial charge in [-0.15, -0.1) is 0 Å². The Balaban J connectivity index is 2.36. The third-order valence-electron chi connectivity index (χ3n) is 3.31. The molecular weight excluding hydrogens is 380 g/mol. The first-order valence-corrected chi connectivity index (χ1v) is 7.56. The quantitative estimate of drug-likeness (QED) is 0.623. The van der Waals surface area contributed by atoms with Gasteiger partial charge in [0.05, 0.1) is 5.56 Å². The van der Waals surface area contributed by atoms with Crippen LogP contribution in [0.15, 0.2) is 36.4 Å². The zero-order valence-corrected chi connectivity index (χ0v) is 13.9. The molecule has 2 aromatic carbocycles. The van der Waals surface area contributed by atoms with Crippen molar-refractivity contribution in [3.05, 3.63) is 63.1 Å². The number of benzene rings is 2. The van der Waals surface area contributed by atoms with Gasteiger partial charge in [0.25, 0.3) is 0 Å². The van der Waals surface area contributed by atoms with Crippen molar-refractivity contribution >= 4 is 40.6 Å². The van der Waals surface area contributed by atoms with Crippen LogP contribution in [0.2, 0.25) is 10.0 Å². The summed E-state index contributed by atoms with van der Waals surface area (Å²) >= 11 is 11.8. The van der Waals surface area contributed by atoms with Crippen LogP contribution in [0.1, 0.15) is 16.7 Å². The number of carboxylic acid groups (broad SMARTS) is 1. The second kappa shape index (κ2) is 7.33. The lowest BCUT2D eigenvalue weighted by Gasteiger charge is -2.15. The van der Waals surface area contributed by atoms with Gasteiger partial charge in [-0.2, -0.15) is 13.2 Å². The van der Waals surface area contributed by atoms with Gasteiger partial charge in [0.15, 0.2) is 0 Å². The topological polar surface area (TPSA) is 73.2 Å². The maximum atomic E-state index is 12.8. The summed E-state index contributed by atoms with van der Waals surface area (Å²) in [5.41, 5.74) is -1.67. The summed E-state index contributed by atoms with van der Waals surface area (Å²) in [6.07, 6.45) is -4.65. The van der Waals surface area contributed by atoms with Crippen LogP contribution in [0.3, 0.4) is 0 Å².